The number of para-hydroxylation sites is 3. The van der Waals surface area contributed by atoms with Crippen molar-refractivity contribution in [3.05, 3.63) is 170 Å². The fourth-order valence-electron chi connectivity index (χ4n) is 9.25. The van der Waals surface area contributed by atoms with Crippen LogP contribution in [0.15, 0.2) is 174 Å². The second-order valence-corrected chi connectivity index (χ2v) is 14.6. The minimum absolute atomic E-state index is 0.612. The van der Waals surface area contributed by atoms with Crippen LogP contribution in [0.3, 0.4) is 0 Å². The van der Waals surface area contributed by atoms with Gasteiger partial charge in [-0.15, -0.1) is 0 Å². The highest BCUT2D eigenvalue weighted by Gasteiger charge is 2.26. The van der Waals surface area contributed by atoms with Crippen molar-refractivity contribution in [2.45, 2.75) is 0 Å². The highest BCUT2D eigenvalue weighted by Crippen LogP contribution is 2.47. The van der Waals surface area contributed by atoms with Gasteiger partial charge in [0.1, 0.15) is 16.8 Å². The van der Waals surface area contributed by atoms with Gasteiger partial charge in [0, 0.05) is 43.3 Å². The molecule has 0 amide bonds. The van der Waals surface area contributed by atoms with Gasteiger partial charge in [0.2, 0.25) is 5.95 Å². The molecule has 0 atom stereocenters. The Hall–Kier alpha value is -7.50. The largest absolute Gasteiger partial charge is 0.452 e. The summed E-state index contributed by atoms with van der Waals surface area (Å²) in [5.74, 6) is 0.612. The van der Waals surface area contributed by atoms with Crippen LogP contribution >= 0.6 is 0 Å². The van der Waals surface area contributed by atoms with Crippen molar-refractivity contribution in [1.29, 1.82) is 0 Å². The van der Waals surface area contributed by atoms with Gasteiger partial charge < -0.3 is 8.82 Å². The van der Waals surface area contributed by atoms with Crippen molar-refractivity contribution in [2.75, 3.05) is 0 Å². The van der Waals surface area contributed by atoms with E-state index in [9.17, 15) is 0 Å². The van der Waals surface area contributed by atoms with Crippen LogP contribution in [0.2, 0.25) is 0 Å². The summed E-state index contributed by atoms with van der Waals surface area (Å²) in [4.78, 5) is 10.9. The fraction of sp³-hybridized carbons (Fsp3) is 0. The Balaban J connectivity index is 1.19. The molecule has 254 valence electrons. The van der Waals surface area contributed by atoms with E-state index < -0.39 is 0 Å². The van der Waals surface area contributed by atoms with Crippen LogP contribution in [0, 0.1) is 0 Å². The number of hydrogen-bond acceptors (Lipinski definition) is 3. The molecule has 5 heterocycles. The molecule has 0 aliphatic rings. The lowest BCUT2D eigenvalue weighted by Gasteiger charge is -2.10. The number of rotatable bonds is 3. The molecule has 0 bridgehead atoms. The molecule has 0 saturated carbocycles. The summed E-state index contributed by atoms with van der Waals surface area (Å²) in [5.41, 5.74) is 12.2. The van der Waals surface area contributed by atoms with E-state index in [2.05, 4.69) is 161 Å². The molecule has 8 aromatic carbocycles. The topological polar surface area (TPSA) is 48.3 Å². The quantitative estimate of drug-likeness (QED) is 0.184. The van der Waals surface area contributed by atoms with E-state index in [4.69, 9.17) is 14.4 Å². The van der Waals surface area contributed by atoms with Crippen LogP contribution in [0.1, 0.15) is 0 Å². The Morgan fingerprint density at radius 2 is 1.13 bits per heavy atom. The number of hydrogen-bond donors (Lipinski definition) is 0. The first-order valence-electron chi connectivity index (χ1n) is 18.7. The van der Waals surface area contributed by atoms with E-state index in [1.165, 1.54) is 65.4 Å². The maximum atomic E-state index is 6.58. The second kappa shape index (κ2) is 10.6. The van der Waals surface area contributed by atoms with Gasteiger partial charge in [-0.2, -0.15) is 0 Å². The van der Waals surface area contributed by atoms with Crippen LogP contribution < -0.4 is 0 Å². The zero-order valence-corrected chi connectivity index (χ0v) is 29.4. The van der Waals surface area contributed by atoms with E-state index in [1.807, 2.05) is 18.2 Å². The lowest BCUT2D eigenvalue weighted by Crippen LogP contribution is -2.03. The van der Waals surface area contributed by atoms with Gasteiger partial charge in [0.25, 0.3) is 0 Å². The maximum absolute atomic E-state index is 6.58. The first-order chi connectivity index (χ1) is 27.3. The molecular weight excluding hydrogens is 673 g/mol. The van der Waals surface area contributed by atoms with Gasteiger partial charge in [0.15, 0.2) is 5.58 Å². The Morgan fingerprint density at radius 3 is 2.00 bits per heavy atom. The van der Waals surface area contributed by atoms with Crippen LogP contribution in [0.4, 0.5) is 0 Å². The zero-order chi connectivity index (χ0) is 35.8. The van der Waals surface area contributed by atoms with Crippen molar-refractivity contribution in [3.63, 3.8) is 0 Å². The summed E-state index contributed by atoms with van der Waals surface area (Å²) < 4.78 is 11.3. The third kappa shape index (κ3) is 3.86. The van der Waals surface area contributed by atoms with Gasteiger partial charge >= 0.3 is 0 Å². The molecule has 0 N–H and O–H groups in total. The second-order valence-electron chi connectivity index (χ2n) is 14.6. The van der Waals surface area contributed by atoms with E-state index in [0.717, 1.165) is 44.2 Å². The Morgan fingerprint density at radius 1 is 0.418 bits per heavy atom. The van der Waals surface area contributed by atoms with Gasteiger partial charge in [-0.25, -0.2) is 9.97 Å². The molecule has 0 spiro atoms. The smallest absolute Gasteiger partial charge is 0.236 e. The number of aromatic nitrogens is 4. The van der Waals surface area contributed by atoms with E-state index in [-0.39, 0.29) is 0 Å². The molecule has 55 heavy (non-hydrogen) atoms. The zero-order valence-electron chi connectivity index (χ0n) is 29.4. The van der Waals surface area contributed by atoms with Crippen LogP contribution in [0.25, 0.3) is 121 Å². The Labute approximate surface area is 313 Å². The van der Waals surface area contributed by atoms with Crippen molar-refractivity contribution in [1.82, 2.24) is 18.9 Å². The maximum Gasteiger partial charge on any atom is 0.236 e. The van der Waals surface area contributed by atoms with Gasteiger partial charge in [0.05, 0.1) is 27.6 Å². The summed E-state index contributed by atoms with van der Waals surface area (Å²) in [5, 5.41) is 10.6. The summed E-state index contributed by atoms with van der Waals surface area (Å²) in [7, 11) is 0. The fourth-order valence-corrected chi connectivity index (χ4v) is 9.25. The molecule has 0 unspecified atom stereocenters. The molecule has 0 saturated heterocycles. The molecule has 0 fully saturated rings. The van der Waals surface area contributed by atoms with Gasteiger partial charge in [-0.3, -0.25) is 4.57 Å². The molecule has 5 nitrogen and oxygen atoms in total. The average molecular weight is 701 g/mol. The monoisotopic (exact) mass is 700 g/mol. The summed E-state index contributed by atoms with van der Waals surface area (Å²) in [6.07, 6.45) is 0. The van der Waals surface area contributed by atoms with Gasteiger partial charge in [-0.05, 0) is 64.4 Å². The molecule has 0 radical (unpaired) electrons. The van der Waals surface area contributed by atoms with E-state index in [1.54, 1.807) is 0 Å². The molecule has 13 aromatic rings. The minimum atomic E-state index is 0.612. The first-order valence-corrected chi connectivity index (χ1v) is 18.7. The van der Waals surface area contributed by atoms with Crippen molar-refractivity contribution in [2.24, 2.45) is 0 Å². The lowest BCUT2D eigenvalue weighted by atomic mass is 10.0. The predicted octanol–water partition coefficient (Wildman–Crippen LogP) is 13.1. The standard InChI is InChI=1S/C50H28N4O/c1-2-12-29(13-3-1)32-24-25-34-38-28-42-44(45-36-17-7-9-19-39(36)53(48(38)45)41(34)27-32)35-16-6-10-20-40(35)54(42)50-51-46(33-23-22-30-14-4-5-15-31(30)26-33)49-47(52-50)37-18-8-11-21-43(37)55-49/h1-28H. The van der Waals surface area contributed by atoms with Crippen molar-refractivity contribution < 1.29 is 4.42 Å². The Bertz CT molecular complexity index is 3720. The highest BCUT2D eigenvalue weighted by atomic mass is 16.3. The van der Waals surface area contributed by atoms with Crippen LogP contribution in [-0.2, 0) is 0 Å². The van der Waals surface area contributed by atoms with E-state index in [0.29, 0.717) is 11.5 Å². The van der Waals surface area contributed by atoms with Gasteiger partial charge in [-0.1, -0.05) is 127 Å². The SMILES string of the molecule is c1ccc(-c2ccc3c4cc5c(c6ccccc6n5-c5nc(-c6ccc7ccccc7c6)c6oc7ccccc7c6n5)c5c6ccccc6n(c3c2)c45)cc1. The summed E-state index contributed by atoms with van der Waals surface area (Å²) in [6, 6.07) is 60.6. The third-order valence-corrected chi connectivity index (χ3v) is 11.6. The number of benzene rings is 8. The van der Waals surface area contributed by atoms with Crippen LogP contribution in [-0.4, -0.2) is 18.9 Å². The molecule has 5 aromatic heterocycles. The lowest BCUT2D eigenvalue weighted by molar-refractivity contribution is 0.666. The number of nitrogens with zero attached hydrogens (tertiary/aromatic N) is 4. The normalized spacial score (nSPS) is 12.4. The Kier molecular flexibility index (Phi) is 5.57. The number of furan rings is 1. The van der Waals surface area contributed by atoms with Crippen LogP contribution in [0.5, 0.6) is 0 Å². The van der Waals surface area contributed by atoms with E-state index >= 15 is 0 Å². The summed E-state index contributed by atoms with van der Waals surface area (Å²) >= 11 is 0. The summed E-state index contributed by atoms with van der Waals surface area (Å²) in [6.45, 7) is 0. The molecular formula is C50H28N4O. The minimum Gasteiger partial charge on any atom is -0.452 e. The predicted molar refractivity (Wildman–Crippen MR) is 227 cm³/mol. The van der Waals surface area contributed by atoms with Crippen molar-refractivity contribution >= 4 is 92.7 Å². The molecule has 5 heteroatoms. The highest BCUT2D eigenvalue weighted by molar-refractivity contribution is 6.35. The average Bonchev–Trinajstić information content (AvgIpc) is 3.98. The third-order valence-electron chi connectivity index (χ3n) is 11.6. The number of fused-ring (bicyclic) bond motifs is 14. The first kappa shape index (κ1) is 29.0. The molecule has 0 aliphatic heterocycles. The van der Waals surface area contributed by atoms with Crippen molar-refractivity contribution in [3.8, 4) is 28.3 Å². The molecule has 13 rings (SSSR count). The molecule has 0 aliphatic carbocycles.